The lowest BCUT2D eigenvalue weighted by atomic mass is 10.0. The molecule has 8 nitrogen and oxygen atoms in total. The van der Waals surface area contributed by atoms with Gasteiger partial charge in [0.1, 0.15) is 6.73 Å². The van der Waals surface area contributed by atoms with Crippen molar-refractivity contribution in [2.45, 2.75) is 26.6 Å². The van der Waals surface area contributed by atoms with Crippen LogP contribution in [-0.4, -0.2) is 21.5 Å². The van der Waals surface area contributed by atoms with E-state index in [1.807, 2.05) is 13.8 Å². The van der Waals surface area contributed by atoms with Gasteiger partial charge in [-0.3, -0.25) is 4.79 Å². The van der Waals surface area contributed by atoms with Crippen LogP contribution in [0.25, 0.3) is 33.1 Å². The summed E-state index contributed by atoms with van der Waals surface area (Å²) in [6.45, 7) is 2.69. The number of halogens is 3. The van der Waals surface area contributed by atoms with E-state index < -0.39 is 37.5 Å². The molecule has 12 heteroatoms. The molecule has 0 aliphatic carbocycles. The van der Waals surface area contributed by atoms with Crippen molar-refractivity contribution in [3.8, 4) is 11.3 Å². The maximum absolute atomic E-state index is 14.6. The van der Waals surface area contributed by atoms with Crippen LogP contribution < -0.4 is 15.1 Å². The van der Waals surface area contributed by atoms with Crippen LogP contribution in [0.2, 0.25) is 0 Å². The van der Waals surface area contributed by atoms with Gasteiger partial charge in [-0.05, 0) is 44.2 Å². The van der Waals surface area contributed by atoms with Crippen molar-refractivity contribution in [1.82, 2.24) is 14.9 Å². The molecule has 0 bridgehead atoms. The van der Waals surface area contributed by atoms with E-state index in [-0.39, 0.29) is 28.6 Å². The molecule has 2 aromatic heterocycles. The predicted octanol–water partition coefficient (Wildman–Crippen LogP) is 3.21. The third-order valence-corrected chi connectivity index (χ3v) is 5.46. The molecule has 0 aliphatic heterocycles. The lowest BCUT2D eigenvalue weighted by Gasteiger charge is -2.28. The SMILES string of the molecule is CC(C)NC(=O)c1cccc2nc(-c3cn(COP(=O)([O-])[O-])c4c(F)c(F)c(F)cc34)ccc12. The van der Waals surface area contributed by atoms with Crippen LogP contribution in [0.5, 0.6) is 0 Å². The quantitative estimate of drug-likeness (QED) is 0.327. The Morgan fingerprint density at radius 1 is 1.15 bits per heavy atom. The molecule has 4 aromatic rings. The number of carbonyl (C=O) groups is 1. The van der Waals surface area contributed by atoms with Gasteiger partial charge in [-0.2, -0.15) is 0 Å². The fourth-order valence-electron chi connectivity index (χ4n) is 3.64. The second-order valence-electron chi connectivity index (χ2n) is 7.80. The lowest BCUT2D eigenvalue weighted by molar-refractivity contribution is -0.344. The molecule has 0 saturated carbocycles. The van der Waals surface area contributed by atoms with Crippen molar-refractivity contribution in [2.75, 3.05) is 0 Å². The highest BCUT2D eigenvalue weighted by atomic mass is 31.2. The number of amides is 1. The van der Waals surface area contributed by atoms with E-state index in [4.69, 9.17) is 0 Å². The van der Waals surface area contributed by atoms with Crippen molar-refractivity contribution in [1.29, 1.82) is 0 Å². The first kappa shape index (κ1) is 23.9. The zero-order valence-corrected chi connectivity index (χ0v) is 18.7. The van der Waals surface area contributed by atoms with E-state index in [9.17, 15) is 32.3 Å². The molecule has 0 fully saturated rings. The van der Waals surface area contributed by atoms with Crippen LogP contribution in [-0.2, 0) is 15.8 Å². The van der Waals surface area contributed by atoms with E-state index >= 15 is 0 Å². The smallest absolute Gasteiger partial charge is 0.252 e. The molecule has 2 heterocycles. The largest absolute Gasteiger partial charge is 0.790 e. The molecule has 0 aliphatic rings. The number of hydrogen-bond acceptors (Lipinski definition) is 6. The highest BCUT2D eigenvalue weighted by Gasteiger charge is 2.22. The summed E-state index contributed by atoms with van der Waals surface area (Å²) in [6, 6.07) is 8.65. The van der Waals surface area contributed by atoms with Gasteiger partial charge in [0.25, 0.3) is 5.91 Å². The van der Waals surface area contributed by atoms with Crippen LogP contribution >= 0.6 is 7.82 Å². The molecule has 0 saturated heterocycles. The fraction of sp³-hybridized carbons (Fsp3) is 0.182. The normalized spacial score (nSPS) is 12.1. The van der Waals surface area contributed by atoms with Crippen LogP contribution in [0.15, 0.2) is 42.6 Å². The van der Waals surface area contributed by atoms with Gasteiger partial charge < -0.3 is 28.8 Å². The van der Waals surface area contributed by atoms with Crippen molar-refractivity contribution in [3.05, 3.63) is 65.6 Å². The molecular weight excluding hydrogens is 474 g/mol. The Labute approximate surface area is 191 Å². The third kappa shape index (κ3) is 4.55. The highest BCUT2D eigenvalue weighted by molar-refractivity contribution is 7.43. The Morgan fingerprint density at radius 2 is 1.88 bits per heavy atom. The predicted molar refractivity (Wildman–Crippen MR) is 114 cm³/mol. The molecule has 1 N–H and O–H groups in total. The first-order chi connectivity index (χ1) is 16.0. The van der Waals surface area contributed by atoms with Crippen LogP contribution in [0.4, 0.5) is 13.2 Å². The van der Waals surface area contributed by atoms with Gasteiger partial charge in [-0.25, -0.2) is 18.2 Å². The van der Waals surface area contributed by atoms with Gasteiger partial charge in [-0.1, -0.05) is 6.07 Å². The maximum Gasteiger partial charge on any atom is 0.252 e. The first-order valence-electron chi connectivity index (χ1n) is 10.00. The number of phosphoric ester groups is 1. The Hall–Kier alpha value is -3.24. The molecule has 0 unspecified atom stereocenters. The van der Waals surface area contributed by atoms with Gasteiger partial charge in [0.05, 0.1) is 24.6 Å². The molecule has 1 amide bonds. The summed E-state index contributed by atoms with van der Waals surface area (Å²) in [7, 11) is -5.43. The first-order valence-corrected chi connectivity index (χ1v) is 11.5. The number of pyridine rings is 1. The van der Waals surface area contributed by atoms with Gasteiger partial charge in [-0.15, -0.1) is 0 Å². The van der Waals surface area contributed by atoms with Gasteiger partial charge >= 0.3 is 0 Å². The summed E-state index contributed by atoms with van der Waals surface area (Å²) < 4.78 is 58.4. The molecular formula is C22H17F3N3O5P-2. The second-order valence-corrected chi connectivity index (χ2v) is 8.95. The average Bonchev–Trinajstić information content (AvgIpc) is 3.12. The summed E-state index contributed by atoms with van der Waals surface area (Å²) >= 11 is 0. The number of benzene rings is 2. The average molecular weight is 491 g/mol. The summed E-state index contributed by atoms with van der Waals surface area (Å²) in [4.78, 5) is 38.8. The van der Waals surface area contributed by atoms with Gasteiger partial charge in [0.2, 0.25) is 0 Å². The number of nitrogens with zero attached hydrogens (tertiary/aromatic N) is 2. The van der Waals surface area contributed by atoms with E-state index in [0.717, 1.165) is 10.6 Å². The molecule has 2 aromatic carbocycles. The Morgan fingerprint density at radius 3 is 2.56 bits per heavy atom. The van der Waals surface area contributed by atoms with Crippen LogP contribution in [0, 0.1) is 17.5 Å². The number of rotatable bonds is 6. The molecule has 0 radical (unpaired) electrons. The number of hydrogen-bond donors (Lipinski definition) is 1. The lowest BCUT2D eigenvalue weighted by Crippen LogP contribution is -2.30. The van der Waals surface area contributed by atoms with Crippen molar-refractivity contribution in [2.24, 2.45) is 0 Å². The molecule has 178 valence electrons. The van der Waals surface area contributed by atoms with Gasteiger partial charge in [0.15, 0.2) is 17.5 Å². The van der Waals surface area contributed by atoms with Crippen molar-refractivity contribution in [3.63, 3.8) is 0 Å². The zero-order valence-electron chi connectivity index (χ0n) is 17.8. The Kier molecular flexibility index (Phi) is 6.22. The van der Waals surface area contributed by atoms with E-state index in [1.165, 1.54) is 12.3 Å². The van der Waals surface area contributed by atoms with Gasteiger partial charge in [0, 0.05) is 34.1 Å². The minimum Gasteiger partial charge on any atom is -0.790 e. The second kappa shape index (κ2) is 8.84. The molecule has 4 rings (SSSR count). The summed E-state index contributed by atoms with van der Waals surface area (Å²) in [5.41, 5.74) is 0.603. The number of fused-ring (bicyclic) bond motifs is 2. The topological polar surface area (TPSA) is 119 Å². The minimum atomic E-state index is -5.43. The number of phosphoric acid groups is 1. The van der Waals surface area contributed by atoms with Crippen molar-refractivity contribution < 1.29 is 36.8 Å². The summed E-state index contributed by atoms with van der Waals surface area (Å²) in [5, 5.41) is 3.20. The zero-order chi connectivity index (χ0) is 24.8. The molecule has 0 spiro atoms. The van der Waals surface area contributed by atoms with Crippen molar-refractivity contribution >= 4 is 35.5 Å². The highest BCUT2D eigenvalue weighted by Crippen LogP contribution is 2.36. The monoisotopic (exact) mass is 491 g/mol. The fourth-order valence-corrected chi connectivity index (χ4v) is 3.91. The summed E-state index contributed by atoms with van der Waals surface area (Å²) in [5.74, 6) is -5.11. The third-order valence-electron chi connectivity index (χ3n) is 5.03. The number of nitrogens with one attached hydrogen (secondary N) is 1. The standard InChI is InChI=1S/C22H19F3N3O5P/c1-11(2)26-22(29)13-4-3-5-17-12(13)6-7-18(27-17)15-9-28(10-33-34(30,31)32)21-14(15)8-16(23)19(24)20(21)25/h3-9,11H,10H2,1-2H3,(H,26,29)(H2,30,31,32)/p-2. The summed E-state index contributed by atoms with van der Waals surface area (Å²) in [6.07, 6.45) is 1.17. The number of aromatic nitrogens is 2. The maximum atomic E-state index is 14.6. The van der Waals surface area contributed by atoms with E-state index in [0.29, 0.717) is 16.5 Å². The molecule has 0 atom stereocenters. The number of carbonyl (C=O) groups excluding carboxylic acids is 1. The van der Waals surface area contributed by atoms with Crippen LogP contribution in [0.3, 0.4) is 0 Å². The van der Waals surface area contributed by atoms with Crippen LogP contribution in [0.1, 0.15) is 24.2 Å². The molecule has 34 heavy (non-hydrogen) atoms. The van der Waals surface area contributed by atoms with E-state index in [1.54, 1.807) is 24.3 Å². The Balaban J connectivity index is 1.88. The minimum absolute atomic E-state index is 0.0907. The Bertz CT molecular complexity index is 1480. The van der Waals surface area contributed by atoms with E-state index in [2.05, 4.69) is 14.8 Å².